The maximum absolute atomic E-state index is 12.2. The van der Waals surface area contributed by atoms with Gasteiger partial charge in [-0.15, -0.1) is 0 Å². The van der Waals surface area contributed by atoms with Crippen molar-refractivity contribution >= 4 is 37.9 Å². The molecule has 0 unspecified atom stereocenters. The van der Waals surface area contributed by atoms with Crippen molar-refractivity contribution in [2.45, 2.75) is 11.8 Å². The van der Waals surface area contributed by atoms with Gasteiger partial charge >= 0.3 is 0 Å². The number of nitrogens with zero attached hydrogens (tertiary/aromatic N) is 2. The van der Waals surface area contributed by atoms with Crippen molar-refractivity contribution in [3.8, 4) is 11.5 Å². The van der Waals surface area contributed by atoms with E-state index in [1.165, 1.54) is 44.5 Å². The number of aromatic hydroxyl groups is 1. The SMILES string of the molecule is COc1cc(/C=N/NS(=O)(=O)c2ccc(C)c([N+](=O)[O-])c2)cc(Br)c1O. The summed E-state index contributed by atoms with van der Waals surface area (Å²) in [5.41, 5.74) is 0.492. The normalized spacial score (nSPS) is 11.5. The Bertz CT molecular complexity index is 991. The molecule has 2 rings (SSSR count). The molecule has 0 amide bonds. The van der Waals surface area contributed by atoms with E-state index in [-0.39, 0.29) is 22.1 Å². The minimum atomic E-state index is -4.08. The van der Waals surface area contributed by atoms with Crippen LogP contribution in [0.1, 0.15) is 11.1 Å². The summed E-state index contributed by atoms with van der Waals surface area (Å²) in [6.45, 7) is 1.51. The Morgan fingerprint density at radius 2 is 2.04 bits per heavy atom. The van der Waals surface area contributed by atoms with Gasteiger partial charge in [0.2, 0.25) is 0 Å². The van der Waals surface area contributed by atoms with E-state index in [1.807, 2.05) is 4.83 Å². The first-order valence-electron chi connectivity index (χ1n) is 7.02. The highest BCUT2D eigenvalue weighted by Gasteiger charge is 2.19. The van der Waals surface area contributed by atoms with Crippen LogP contribution in [-0.4, -0.2) is 31.8 Å². The Kier molecular flexibility index (Phi) is 5.83. The van der Waals surface area contributed by atoms with Gasteiger partial charge in [-0.25, -0.2) is 4.83 Å². The number of methoxy groups -OCH3 is 1. The molecule has 0 aliphatic rings. The summed E-state index contributed by atoms with van der Waals surface area (Å²) in [5, 5.41) is 24.3. The molecule has 0 spiro atoms. The van der Waals surface area contributed by atoms with Crippen LogP contribution in [0.15, 0.2) is 44.8 Å². The second-order valence-corrected chi connectivity index (χ2v) is 7.63. The van der Waals surface area contributed by atoms with Crippen molar-refractivity contribution in [1.29, 1.82) is 0 Å². The molecule has 11 heteroatoms. The van der Waals surface area contributed by atoms with Gasteiger partial charge in [-0.2, -0.15) is 13.5 Å². The number of nitro benzene ring substituents is 1. The number of aryl methyl sites for hydroxylation is 1. The molecule has 0 radical (unpaired) electrons. The van der Waals surface area contributed by atoms with E-state index in [4.69, 9.17) is 4.74 Å². The third-order valence-corrected chi connectivity index (χ3v) is 5.17. The fraction of sp³-hybridized carbons (Fsp3) is 0.133. The standard InChI is InChI=1S/C15H14BrN3O6S/c1-9-3-4-11(7-13(9)19(21)22)26(23,24)18-17-8-10-5-12(16)15(20)14(6-10)25-2/h3-8,18,20H,1-2H3/b17-8+. The van der Waals surface area contributed by atoms with Crippen molar-refractivity contribution in [1.82, 2.24) is 4.83 Å². The second-order valence-electron chi connectivity index (χ2n) is 5.11. The summed E-state index contributed by atoms with van der Waals surface area (Å²) in [7, 11) is -2.71. The number of phenols is 1. The lowest BCUT2D eigenvalue weighted by Gasteiger charge is -2.07. The summed E-state index contributed by atoms with van der Waals surface area (Å²) in [6.07, 6.45) is 1.20. The van der Waals surface area contributed by atoms with Crippen LogP contribution in [0.2, 0.25) is 0 Å². The molecule has 0 heterocycles. The molecule has 138 valence electrons. The van der Waals surface area contributed by atoms with E-state index in [0.29, 0.717) is 15.6 Å². The number of halogens is 1. The van der Waals surface area contributed by atoms with Gasteiger partial charge < -0.3 is 9.84 Å². The van der Waals surface area contributed by atoms with Crippen molar-refractivity contribution in [2.24, 2.45) is 5.10 Å². The monoisotopic (exact) mass is 443 g/mol. The number of phenolic OH excluding ortho intramolecular Hbond substituents is 1. The number of nitrogens with one attached hydrogen (secondary N) is 1. The molecule has 0 atom stereocenters. The number of nitro groups is 1. The second kappa shape index (κ2) is 7.70. The van der Waals surface area contributed by atoms with E-state index in [2.05, 4.69) is 21.0 Å². The lowest BCUT2D eigenvalue weighted by molar-refractivity contribution is -0.385. The molecule has 2 aromatic carbocycles. The Morgan fingerprint density at radius 3 is 2.65 bits per heavy atom. The van der Waals surface area contributed by atoms with Crippen LogP contribution in [0.5, 0.6) is 11.5 Å². The minimum absolute atomic E-state index is 0.0998. The molecule has 0 saturated heterocycles. The van der Waals surface area contributed by atoms with Crippen LogP contribution in [0, 0.1) is 17.0 Å². The summed E-state index contributed by atoms with van der Waals surface area (Å²) in [4.78, 5) is 12.0. The Morgan fingerprint density at radius 1 is 1.35 bits per heavy atom. The predicted molar refractivity (Wildman–Crippen MR) is 98.1 cm³/mol. The highest BCUT2D eigenvalue weighted by molar-refractivity contribution is 9.10. The quantitative estimate of drug-likeness (QED) is 0.400. The average molecular weight is 444 g/mol. The number of hydrogen-bond donors (Lipinski definition) is 2. The Labute approximate surface area is 157 Å². The topological polar surface area (TPSA) is 131 Å². The number of rotatable bonds is 6. The molecular weight excluding hydrogens is 430 g/mol. The molecule has 0 saturated carbocycles. The van der Waals surface area contributed by atoms with Crippen LogP contribution in [0.25, 0.3) is 0 Å². The van der Waals surface area contributed by atoms with Crippen LogP contribution in [-0.2, 0) is 10.0 Å². The lowest BCUT2D eigenvalue weighted by Crippen LogP contribution is -2.18. The van der Waals surface area contributed by atoms with Crippen molar-refractivity contribution in [3.63, 3.8) is 0 Å². The summed E-state index contributed by atoms with van der Waals surface area (Å²) >= 11 is 3.14. The zero-order chi connectivity index (χ0) is 19.5. The van der Waals surface area contributed by atoms with E-state index in [9.17, 15) is 23.6 Å². The summed E-state index contributed by atoms with van der Waals surface area (Å²) < 4.78 is 29.8. The number of hydrazone groups is 1. The van der Waals surface area contributed by atoms with Crippen molar-refractivity contribution < 1.29 is 23.2 Å². The molecule has 2 aromatic rings. The van der Waals surface area contributed by atoms with E-state index in [1.54, 1.807) is 0 Å². The van der Waals surface area contributed by atoms with Crippen LogP contribution in [0.3, 0.4) is 0 Å². The Hall–Kier alpha value is -2.66. The lowest BCUT2D eigenvalue weighted by atomic mass is 10.2. The molecule has 0 aromatic heterocycles. The maximum atomic E-state index is 12.2. The van der Waals surface area contributed by atoms with Gasteiger partial charge in [0.25, 0.3) is 15.7 Å². The van der Waals surface area contributed by atoms with Crippen LogP contribution >= 0.6 is 15.9 Å². The number of sulfonamides is 1. The molecule has 26 heavy (non-hydrogen) atoms. The first kappa shape index (κ1) is 19.7. The third-order valence-electron chi connectivity index (χ3n) is 3.34. The molecule has 0 aliphatic carbocycles. The third kappa shape index (κ3) is 4.29. The fourth-order valence-electron chi connectivity index (χ4n) is 2.00. The molecule has 2 N–H and O–H groups in total. The van der Waals surface area contributed by atoms with Crippen molar-refractivity contribution in [3.05, 3.63) is 56.0 Å². The predicted octanol–water partition coefficient (Wildman–Crippen LogP) is 2.69. The molecular formula is C15H14BrN3O6S. The molecule has 0 aliphatic heterocycles. The van der Waals surface area contributed by atoms with Crippen molar-refractivity contribution in [2.75, 3.05) is 7.11 Å². The number of benzene rings is 2. The number of ether oxygens (including phenoxy) is 1. The van der Waals surface area contributed by atoms with E-state index < -0.39 is 14.9 Å². The van der Waals surface area contributed by atoms with Crippen LogP contribution in [0.4, 0.5) is 5.69 Å². The Balaban J connectivity index is 2.26. The maximum Gasteiger partial charge on any atom is 0.276 e. The van der Waals surface area contributed by atoms with Crippen LogP contribution < -0.4 is 9.57 Å². The van der Waals surface area contributed by atoms with Gasteiger partial charge in [0.15, 0.2) is 11.5 Å². The smallest absolute Gasteiger partial charge is 0.276 e. The van der Waals surface area contributed by atoms with Gasteiger partial charge in [0, 0.05) is 11.6 Å². The number of hydrogen-bond acceptors (Lipinski definition) is 7. The summed E-state index contributed by atoms with van der Waals surface area (Å²) in [5.74, 6) is 0.0787. The van der Waals surface area contributed by atoms with E-state index in [0.717, 1.165) is 6.07 Å². The molecule has 0 fully saturated rings. The first-order valence-corrected chi connectivity index (χ1v) is 9.29. The zero-order valence-corrected chi connectivity index (χ0v) is 16.0. The fourth-order valence-corrected chi connectivity index (χ4v) is 3.27. The molecule has 9 nitrogen and oxygen atoms in total. The minimum Gasteiger partial charge on any atom is -0.503 e. The van der Waals surface area contributed by atoms with Gasteiger partial charge in [-0.05, 0) is 46.6 Å². The van der Waals surface area contributed by atoms with Gasteiger partial charge in [0.05, 0.1) is 27.6 Å². The van der Waals surface area contributed by atoms with Gasteiger partial charge in [0.1, 0.15) is 0 Å². The average Bonchev–Trinajstić information content (AvgIpc) is 2.57. The highest BCUT2D eigenvalue weighted by Crippen LogP contribution is 2.34. The highest BCUT2D eigenvalue weighted by atomic mass is 79.9. The molecule has 0 bridgehead atoms. The van der Waals surface area contributed by atoms with Gasteiger partial charge in [-0.3, -0.25) is 10.1 Å². The largest absolute Gasteiger partial charge is 0.503 e. The summed E-state index contributed by atoms with van der Waals surface area (Å²) in [6, 6.07) is 6.52. The zero-order valence-electron chi connectivity index (χ0n) is 13.6. The first-order chi connectivity index (χ1) is 12.2. The van der Waals surface area contributed by atoms with E-state index >= 15 is 0 Å². The van der Waals surface area contributed by atoms with Gasteiger partial charge in [-0.1, -0.05) is 6.07 Å².